The van der Waals surface area contributed by atoms with E-state index in [1.165, 1.54) is 0 Å². The largest absolute Gasteiger partial charge is 0.494 e. The van der Waals surface area contributed by atoms with Crippen LogP contribution in [0.4, 0.5) is 5.69 Å². The number of anilines is 1. The zero-order valence-electron chi connectivity index (χ0n) is 17.5. The molecule has 3 rings (SSSR count). The van der Waals surface area contributed by atoms with Gasteiger partial charge in [0.25, 0.3) is 0 Å². The molecular formula is C23H30N2O4. The smallest absolute Gasteiger partial charge is 0.245 e. The van der Waals surface area contributed by atoms with Crippen molar-refractivity contribution in [1.29, 1.82) is 0 Å². The Hall–Kier alpha value is -2.57. The molecule has 1 aliphatic rings. The van der Waals surface area contributed by atoms with Crippen molar-refractivity contribution in [2.45, 2.75) is 45.8 Å². The zero-order chi connectivity index (χ0) is 21.1. The lowest BCUT2D eigenvalue weighted by atomic mass is 9.54. The van der Waals surface area contributed by atoms with Crippen LogP contribution in [0.25, 0.3) is 0 Å². The fourth-order valence-corrected chi connectivity index (χ4v) is 3.58. The summed E-state index contributed by atoms with van der Waals surface area (Å²) in [6.45, 7) is 9.08. The minimum absolute atomic E-state index is 0.00635. The third kappa shape index (κ3) is 4.23. The maximum Gasteiger partial charge on any atom is 0.245 e. The molecule has 0 radical (unpaired) electrons. The number of carbonyl (C=O) groups is 1. The lowest BCUT2D eigenvalue weighted by molar-refractivity contribution is -0.166. The van der Waals surface area contributed by atoms with Crippen LogP contribution in [-0.4, -0.2) is 30.8 Å². The van der Waals surface area contributed by atoms with Gasteiger partial charge in [-0.05, 0) is 62.4 Å². The Morgan fingerprint density at radius 3 is 2.07 bits per heavy atom. The standard InChI is InChI=1S/C23H30N2O4/c1-5-27-17-11-13-19(14-12-17)29-18-9-7-16(8-10-18)25-21(26)23(24)15-20(28-6-2)22(23,3)4/h7-14,20H,5-6,15,24H2,1-4H3,(H,25,26). The Balaban J connectivity index is 1.60. The van der Waals surface area contributed by atoms with E-state index in [-0.39, 0.29) is 12.0 Å². The Kier molecular flexibility index (Phi) is 6.15. The molecule has 6 nitrogen and oxygen atoms in total. The number of hydrogen-bond donors (Lipinski definition) is 2. The van der Waals surface area contributed by atoms with Crippen LogP contribution >= 0.6 is 0 Å². The molecular weight excluding hydrogens is 368 g/mol. The zero-order valence-corrected chi connectivity index (χ0v) is 17.5. The molecule has 29 heavy (non-hydrogen) atoms. The van der Waals surface area contributed by atoms with Gasteiger partial charge in [-0.3, -0.25) is 4.79 Å². The molecule has 0 heterocycles. The fourth-order valence-electron chi connectivity index (χ4n) is 3.58. The van der Waals surface area contributed by atoms with Crippen LogP contribution in [-0.2, 0) is 9.53 Å². The van der Waals surface area contributed by atoms with Crippen molar-refractivity contribution < 1.29 is 19.0 Å². The van der Waals surface area contributed by atoms with E-state index in [1.54, 1.807) is 12.1 Å². The van der Waals surface area contributed by atoms with Gasteiger partial charge >= 0.3 is 0 Å². The van der Waals surface area contributed by atoms with Gasteiger partial charge in [0, 0.05) is 24.1 Å². The highest BCUT2D eigenvalue weighted by molar-refractivity contribution is 5.99. The van der Waals surface area contributed by atoms with E-state index in [1.807, 2.05) is 64.1 Å². The van der Waals surface area contributed by atoms with Gasteiger partial charge in [0.2, 0.25) is 5.91 Å². The summed E-state index contributed by atoms with van der Waals surface area (Å²) in [4.78, 5) is 12.8. The predicted octanol–water partition coefficient (Wildman–Crippen LogP) is 4.35. The summed E-state index contributed by atoms with van der Waals surface area (Å²) in [6, 6.07) is 14.7. The highest BCUT2D eigenvalue weighted by Gasteiger charge is 2.62. The lowest BCUT2D eigenvalue weighted by Crippen LogP contribution is -2.74. The molecule has 1 aliphatic carbocycles. The molecule has 2 aromatic rings. The average molecular weight is 399 g/mol. The molecule has 156 valence electrons. The predicted molar refractivity (Wildman–Crippen MR) is 113 cm³/mol. The number of ether oxygens (including phenoxy) is 3. The Morgan fingerprint density at radius 2 is 1.55 bits per heavy atom. The van der Waals surface area contributed by atoms with E-state index >= 15 is 0 Å². The van der Waals surface area contributed by atoms with Gasteiger partial charge in [-0.2, -0.15) is 0 Å². The van der Waals surface area contributed by atoms with Gasteiger partial charge in [0.05, 0.1) is 12.7 Å². The number of benzene rings is 2. The number of nitrogens with one attached hydrogen (secondary N) is 1. The first-order valence-electron chi connectivity index (χ1n) is 10.0. The molecule has 3 N–H and O–H groups in total. The van der Waals surface area contributed by atoms with Crippen molar-refractivity contribution in [2.24, 2.45) is 11.1 Å². The molecule has 2 aromatic carbocycles. The van der Waals surface area contributed by atoms with Crippen LogP contribution < -0.4 is 20.5 Å². The number of amides is 1. The van der Waals surface area contributed by atoms with Crippen LogP contribution in [0.15, 0.2) is 48.5 Å². The van der Waals surface area contributed by atoms with E-state index in [9.17, 15) is 4.79 Å². The summed E-state index contributed by atoms with van der Waals surface area (Å²) in [5, 5.41) is 2.92. The molecule has 0 bridgehead atoms. The van der Waals surface area contributed by atoms with E-state index in [4.69, 9.17) is 19.9 Å². The van der Waals surface area contributed by atoms with E-state index in [2.05, 4.69) is 5.32 Å². The number of carbonyl (C=O) groups excluding carboxylic acids is 1. The molecule has 2 unspecified atom stereocenters. The SMILES string of the molecule is CCOc1ccc(Oc2ccc(NC(=O)C3(N)CC(OCC)C3(C)C)cc2)cc1. The molecule has 0 aromatic heterocycles. The number of rotatable bonds is 8. The normalized spacial score (nSPS) is 22.4. The topological polar surface area (TPSA) is 82.8 Å². The quantitative estimate of drug-likeness (QED) is 0.691. The number of hydrogen-bond acceptors (Lipinski definition) is 5. The van der Waals surface area contributed by atoms with Crippen molar-refractivity contribution >= 4 is 11.6 Å². The van der Waals surface area contributed by atoms with Gasteiger partial charge in [-0.15, -0.1) is 0 Å². The van der Waals surface area contributed by atoms with Gasteiger partial charge in [-0.25, -0.2) is 0 Å². The summed E-state index contributed by atoms with van der Waals surface area (Å²) in [5.41, 5.74) is 5.73. The van der Waals surface area contributed by atoms with Gasteiger partial charge < -0.3 is 25.3 Å². The van der Waals surface area contributed by atoms with Crippen molar-refractivity contribution in [3.8, 4) is 17.2 Å². The van der Waals surface area contributed by atoms with Crippen LogP contribution in [0.1, 0.15) is 34.1 Å². The molecule has 6 heteroatoms. The summed E-state index contributed by atoms with van der Waals surface area (Å²) in [7, 11) is 0. The maximum atomic E-state index is 12.8. The van der Waals surface area contributed by atoms with Crippen molar-refractivity contribution in [3.63, 3.8) is 0 Å². The maximum absolute atomic E-state index is 12.8. The highest BCUT2D eigenvalue weighted by atomic mass is 16.5. The first-order valence-corrected chi connectivity index (χ1v) is 10.0. The first kappa shape index (κ1) is 21.1. The van der Waals surface area contributed by atoms with E-state index in [0.717, 1.165) is 5.75 Å². The molecule has 0 saturated heterocycles. The number of nitrogens with two attached hydrogens (primary N) is 1. The first-order chi connectivity index (χ1) is 13.8. The second kappa shape index (κ2) is 8.43. The van der Waals surface area contributed by atoms with Crippen LogP contribution in [0, 0.1) is 5.41 Å². The third-order valence-electron chi connectivity index (χ3n) is 5.72. The Labute approximate surface area is 172 Å². The van der Waals surface area contributed by atoms with Crippen LogP contribution in [0.2, 0.25) is 0 Å². The molecule has 0 spiro atoms. The summed E-state index contributed by atoms with van der Waals surface area (Å²) in [6.07, 6.45) is 0.506. The van der Waals surface area contributed by atoms with Gasteiger partial charge in [-0.1, -0.05) is 13.8 Å². The summed E-state index contributed by atoms with van der Waals surface area (Å²) >= 11 is 0. The molecule has 1 amide bonds. The van der Waals surface area contributed by atoms with Crippen molar-refractivity contribution in [1.82, 2.24) is 0 Å². The highest BCUT2D eigenvalue weighted by Crippen LogP contribution is 2.50. The summed E-state index contributed by atoms with van der Waals surface area (Å²) < 4.78 is 17.0. The Bertz CT molecular complexity index is 833. The Morgan fingerprint density at radius 1 is 1.00 bits per heavy atom. The van der Waals surface area contributed by atoms with E-state index < -0.39 is 11.0 Å². The monoisotopic (exact) mass is 398 g/mol. The molecule has 0 aliphatic heterocycles. The third-order valence-corrected chi connectivity index (χ3v) is 5.72. The minimum atomic E-state index is -0.954. The second-order valence-electron chi connectivity index (χ2n) is 7.83. The van der Waals surface area contributed by atoms with E-state index in [0.29, 0.717) is 36.8 Å². The van der Waals surface area contributed by atoms with Crippen LogP contribution in [0.3, 0.4) is 0 Å². The second-order valence-corrected chi connectivity index (χ2v) is 7.83. The van der Waals surface area contributed by atoms with Gasteiger partial charge in [0.1, 0.15) is 22.8 Å². The van der Waals surface area contributed by atoms with Crippen molar-refractivity contribution in [3.05, 3.63) is 48.5 Å². The average Bonchev–Trinajstić information content (AvgIpc) is 2.70. The lowest BCUT2D eigenvalue weighted by Gasteiger charge is -2.57. The molecule has 1 saturated carbocycles. The molecule has 1 fully saturated rings. The molecule has 2 atom stereocenters. The van der Waals surface area contributed by atoms with Gasteiger partial charge in [0.15, 0.2) is 0 Å². The summed E-state index contributed by atoms with van der Waals surface area (Å²) in [5.74, 6) is 2.00. The fraction of sp³-hybridized carbons (Fsp3) is 0.435. The van der Waals surface area contributed by atoms with Crippen LogP contribution in [0.5, 0.6) is 17.2 Å². The van der Waals surface area contributed by atoms with Crippen molar-refractivity contribution in [2.75, 3.05) is 18.5 Å². The minimum Gasteiger partial charge on any atom is -0.494 e.